The van der Waals surface area contributed by atoms with E-state index in [4.69, 9.17) is 4.74 Å². The quantitative estimate of drug-likeness (QED) is 0.465. The lowest BCUT2D eigenvalue weighted by atomic mass is 9.74. The van der Waals surface area contributed by atoms with Crippen molar-refractivity contribution in [2.45, 2.75) is 18.3 Å². The van der Waals surface area contributed by atoms with Crippen molar-refractivity contribution in [2.75, 3.05) is 19.8 Å². The molecule has 0 atom stereocenters. The van der Waals surface area contributed by atoms with Crippen LogP contribution in [0.1, 0.15) is 29.5 Å². The molecule has 30 heavy (non-hydrogen) atoms. The molecule has 3 nitrogen and oxygen atoms in total. The van der Waals surface area contributed by atoms with Gasteiger partial charge < -0.3 is 10.1 Å². The summed E-state index contributed by atoms with van der Waals surface area (Å²) in [4.78, 5) is 13.4. The molecule has 1 saturated heterocycles. The van der Waals surface area contributed by atoms with Crippen LogP contribution in [0.4, 0.5) is 0 Å². The number of amides is 1. The van der Waals surface area contributed by atoms with Crippen molar-refractivity contribution < 1.29 is 9.53 Å². The van der Waals surface area contributed by atoms with E-state index >= 15 is 0 Å². The fraction of sp³-hybridized carbons (Fsp3) is 0.222. The number of hydrogen-bond donors (Lipinski definition) is 1. The van der Waals surface area contributed by atoms with Gasteiger partial charge in [0.15, 0.2) is 0 Å². The Bertz CT molecular complexity index is 975. The van der Waals surface area contributed by atoms with Gasteiger partial charge in [0.25, 0.3) is 5.91 Å². The van der Waals surface area contributed by atoms with Crippen LogP contribution in [0, 0.1) is 0 Å². The smallest absolute Gasteiger partial charge is 0.251 e. The maximum absolute atomic E-state index is 13.4. The molecule has 1 fully saturated rings. The highest BCUT2D eigenvalue weighted by Crippen LogP contribution is 2.34. The third-order valence-corrected chi connectivity index (χ3v) is 5.86. The van der Waals surface area contributed by atoms with Crippen molar-refractivity contribution in [3.63, 3.8) is 0 Å². The van der Waals surface area contributed by atoms with E-state index in [1.54, 1.807) is 0 Å². The summed E-state index contributed by atoms with van der Waals surface area (Å²) in [5, 5.41) is 3.25. The Morgan fingerprint density at radius 3 is 2.03 bits per heavy atom. The molecule has 152 valence electrons. The molecule has 4 rings (SSSR count). The average Bonchev–Trinajstić information content (AvgIpc) is 2.83. The summed E-state index contributed by atoms with van der Waals surface area (Å²) in [5.74, 6) is -0.0492. The maximum Gasteiger partial charge on any atom is 0.251 e. The van der Waals surface area contributed by atoms with Crippen LogP contribution < -0.4 is 5.32 Å². The third kappa shape index (κ3) is 4.69. The SMILES string of the molecule is O=C(NCC1(c2ccccc2)CCOCC1)/C(=C/c1ccccc1)c1ccccc1. The molecule has 0 spiro atoms. The second kappa shape index (κ2) is 9.55. The molecule has 0 aromatic heterocycles. The number of benzene rings is 3. The van der Waals surface area contributed by atoms with E-state index in [2.05, 4.69) is 29.6 Å². The number of carbonyl (C=O) groups excluding carboxylic acids is 1. The Balaban J connectivity index is 1.60. The highest BCUT2D eigenvalue weighted by Gasteiger charge is 2.35. The van der Waals surface area contributed by atoms with Gasteiger partial charge in [-0.2, -0.15) is 0 Å². The van der Waals surface area contributed by atoms with Crippen LogP contribution in [-0.2, 0) is 14.9 Å². The Hall–Kier alpha value is -3.17. The molecule has 1 heterocycles. The molecular weight excluding hydrogens is 370 g/mol. The van der Waals surface area contributed by atoms with E-state index in [1.807, 2.05) is 72.8 Å². The van der Waals surface area contributed by atoms with Crippen LogP contribution in [0.2, 0.25) is 0 Å². The molecule has 3 heteroatoms. The molecule has 1 aliphatic rings. The molecular formula is C27H27NO2. The van der Waals surface area contributed by atoms with Crippen molar-refractivity contribution in [3.8, 4) is 0 Å². The molecule has 0 unspecified atom stereocenters. The number of rotatable bonds is 6. The second-order valence-electron chi connectivity index (χ2n) is 7.78. The normalized spacial score (nSPS) is 16.1. The van der Waals surface area contributed by atoms with E-state index in [1.165, 1.54) is 5.56 Å². The highest BCUT2D eigenvalue weighted by molar-refractivity contribution is 6.24. The molecule has 0 saturated carbocycles. The van der Waals surface area contributed by atoms with Crippen molar-refractivity contribution in [1.82, 2.24) is 5.32 Å². The fourth-order valence-corrected chi connectivity index (χ4v) is 4.08. The van der Waals surface area contributed by atoms with Gasteiger partial charge in [-0.25, -0.2) is 0 Å². The number of nitrogens with one attached hydrogen (secondary N) is 1. The lowest BCUT2D eigenvalue weighted by Gasteiger charge is -2.38. The minimum Gasteiger partial charge on any atom is -0.381 e. The first-order valence-corrected chi connectivity index (χ1v) is 10.5. The number of carbonyl (C=O) groups is 1. The van der Waals surface area contributed by atoms with Gasteiger partial charge in [-0.1, -0.05) is 91.0 Å². The van der Waals surface area contributed by atoms with Gasteiger partial charge >= 0.3 is 0 Å². The van der Waals surface area contributed by atoms with E-state index < -0.39 is 0 Å². The first kappa shape index (κ1) is 20.1. The van der Waals surface area contributed by atoms with Crippen molar-refractivity contribution in [2.24, 2.45) is 0 Å². The van der Waals surface area contributed by atoms with Crippen LogP contribution in [0.15, 0.2) is 91.0 Å². The Morgan fingerprint density at radius 1 is 0.833 bits per heavy atom. The molecule has 3 aromatic carbocycles. The van der Waals surface area contributed by atoms with Crippen molar-refractivity contribution >= 4 is 17.6 Å². The molecule has 1 amide bonds. The topological polar surface area (TPSA) is 38.3 Å². The van der Waals surface area contributed by atoms with E-state index in [0.717, 1.165) is 37.2 Å². The monoisotopic (exact) mass is 397 g/mol. The largest absolute Gasteiger partial charge is 0.381 e. The van der Waals surface area contributed by atoms with Crippen LogP contribution in [0.3, 0.4) is 0 Å². The van der Waals surface area contributed by atoms with Gasteiger partial charge in [0, 0.05) is 30.7 Å². The van der Waals surface area contributed by atoms with Crippen LogP contribution in [0.5, 0.6) is 0 Å². The second-order valence-corrected chi connectivity index (χ2v) is 7.78. The maximum atomic E-state index is 13.4. The average molecular weight is 398 g/mol. The lowest BCUT2D eigenvalue weighted by molar-refractivity contribution is -0.116. The van der Waals surface area contributed by atoms with E-state index in [0.29, 0.717) is 12.1 Å². The molecule has 0 aliphatic carbocycles. The molecule has 0 radical (unpaired) electrons. The van der Waals surface area contributed by atoms with Crippen molar-refractivity contribution in [3.05, 3.63) is 108 Å². The van der Waals surface area contributed by atoms with Gasteiger partial charge in [-0.15, -0.1) is 0 Å². The first-order valence-electron chi connectivity index (χ1n) is 10.5. The summed E-state index contributed by atoms with van der Waals surface area (Å²) in [6, 6.07) is 30.3. The van der Waals surface area contributed by atoms with Gasteiger partial charge in [0.05, 0.1) is 0 Å². The lowest BCUT2D eigenvalue weighted by Crippen LogP contribution is -2.44. The summed E-state index contributed by atoms with van der Waals surface area (Å²) in [6.07, 6.45) is 3.77. The van der Waals surface area contributed by atoms with Crippen molar-refractivity contribution in [1.29, 1.82) is 0 Å². The zero-order valence-corrected chi connectivity index (χ0v) is 17.1. The summed E-state index contributed by atoms with van der Waals surface area (Å²) < 4.78 is 5.62. The molecule has 0 bridgehead atoms. The Morgan fingerprint density at radius 2 is 1.40 bits per heavy atom. The van der Waals surface area contributed by atoms with Crippen LogP contribution in [0.25, 0.3) is 11.6 Å². The summed E-state index contributed by atoms with van der Waals surface area (Å²) in [7, 11) is 0. The Labute approximate surface area is 178 Å². The fourth-order valence-electron chi connectivity index (χ4n) is 4.08. The zero-order chi connectivity index (χ0) is 20.7. The van der Waals surface area contributed by atoms with Gasteiger partial charge in [0.1, 0.15) is 0 Å². The predicted molar refractivity (Wildman–Crippen MR) is 122 cm³/mol. The van der Waals surface area contributed by atoms with Crippen LogP contribution >= 0.6 is 0 Å². The van der Waals surface area contributed by atoms with E-state index in [-0.39, 0.29) is 11.3 Å². The van der Waals surface area contributed by atoms with Gasteiger partial charge in [-0.05, 0) is 35.6 Å². The first-order chi connectivity index (χ1) is 14.8. The predicted octanol–water partition coefficient (Wildman–Crippen LogP) is 5.09. The third-order valence-electron chi connectivity index (χ3n) is 5.86. The molecule has 3 aromatic rings. The minimum absolute atomic E-state index is 0.0492. The van der Waals surface area contributed by atoms with Crippen LogP contribution in [-0.4, -0.2) is 25.7 Å². The zero-order valence-electron chi connectivity index (χ0n) is 17.1. The number of hydrogen-bond acceptors (Lipinski definition) is 2. The number of ether oxygens (including phenoxy) is 1. The minimum atomic E-state index is -0.0935. The highest BCUT2D eigenvalue weighted by atomic mass is 16.5. The summed E-state index contributed by atoms with van der Waals surface area (Å²) >= 11 is 0. The van der Waals surface area contributed by atoms with Gasteiger partial charge in [-0.3, -0.25) is 4.79 Å². The standard InChI is InChI=1S/C27H27NO2/c29-26(25(23-12-6-2-7-13-23)20-22-10-4-1-5-11-22)28-21-27(16-18-30-19-17-27)24-14-8-3-9-15-24/h1-15,20H,16-19,21H2,(H,28,29)/b25-20+. The summed E-state index contributed by atoms with van der Waals surface area (Å²) in [6.45, 7) is 2.03. The van der Waals surface area contributed by atoms with Gasteiger partial charge in [0.2, 0.25) is 0 Å². The molecule has 1 N–H and O–H groups in total. The summed E-state index contributed by atoms with van der Waals surface area (Å²) in [5.41, 5.74) is 3.78. The Kier molecular flexibility index (Phi) is 6.41. The van der Waals surface area contributed by atoms with E-state index in [9.17, 15) is 4.79 Å². The molecule has 1 aliphatic heterocycles.